The van der Waals surface area contributed by atoms with Crippen LogP contribution in [-0.2, 0) is 0 Å². The van der Waals surface area contributed by atoms with Gasteiger partial charge >= 0.3 is 124 Å². The van der Waals surface area contributed by atoms with Crippen molar-refractivity contribution in [3.05, 3.63) is 60.7 Å². The molecule has 0 aliphatic rings. The molecule has 3 aromatic carbocycles. The molecule has 0 spiro atoms. The normalized spacial score (nSPS) is 10.7. The summed E-state index contributed by atoms with van der Waals surface area (Å²) in [5.74, 6) is 1.23. The summed E-state index contributed by atoms with van der Waals surface area (Å²) in [6, 6.07) is 19.8. The van der Waals surface area contributed by atoms with Crippen LogP contribution in [0.15, 0.2) is 60.7 Å². The molecule has 1 N–H and O–H groups in total. The van der Waals surface area contributed by atoms with E-state index in [0.717, 1.165) is 25.4 Å². The fourth-order valence-electron chi connectivity index (χ4n) is 2.15. The quantitative estimate of drug-likeness (QED) is 0.747. The van der Waals surface area contributed by atoms with E-state index in [-0.39, 0.29) is 15.0 Å². The van der Waals surface area contributed by atoms with E-state index < -0.39 is 0 Å². The molecule has 3 rings (SSSR count). The fourth-order valence-corrected chi connectivity index (χ4v) is 4.43. The molecule has 3 aromatic rings. The third-order valence-electron chi connectivity index (χ3n) is 3.14. The van der Waals surface area contributed by atoms with Crippen LogP contribution in [0.3, 0.4) is 0 Å². The number of phenolic OH excluding ortho intramolecular Hbond substituents is 1. The minimum absolute atomic E-state index is 0.00243. The van der Waals surface area contributed by atoms with Gasteiger partial charge in [0.05, 0.1) is 0 Å². The monoisotopic (exact) mass is 330 g/mol. The van der Waals surface area contributed by atoms with Crippen LogP contribution in [0, 0.1) is 0 Å². The van der Waals surface area contributed by atoms with E-state index in [4.69, 9.17) is 4.74 Å². The first-order chi connectivity index (χ1) is 9.79. The Morgan fingerprint density at radius 2 is 1.65 bits per heavy atom. The van der Waals surface area contributed by atoms with Gasteiger partial charge in [0.1, 0.15) is 0 Å². The molecule has 0 unspecified atom stereocenters. The molecular formula is C17H14O2Se. The van der Waals surface area contributed by atoms with E-state index in [2.05, 4.69) is 18.2 Å². The van der Waals surface area contributed by atoms with Crippen LogP contribution in [0.1, 0.15) is 0 Å². The molecule has 3 heteroatoms. The first kappa shape index (κ1) is 13.0. The second-order valence-electron chi connectivity index (χ2n) is 4.39. The molecule has 0 aliphatic heterocycles. The molecule has 0 atom stereocenters. The van der Waals surface area contributed by atoms with Gasteiger partial charge in [0, 0.05) is 0 Å². The number of ether oxygens (including phenoxy) is 1. The second kappa shape index (κ2) is 5.58. The van der Waals surface area contributed by atoms with Crippen LogP contribution in [-0.4, -0.2) is 27.2 Å². The predicted molar refractivity (Wildman–Crippen MR) is 83.6 cm³/mol. The SMILES string of the molecule is COc1ccccc1[Se]c1c(O)ccc2ccccc12. The van der Waals surface area contributed by atoms with Crippen LogP contribution in [0.2, 0.25) is 0 Å². The number of phenols is 1. The van der Waals surface area contributed by atoms with E-state index in [1.807, 2.05) is 36.4 Å². The number of para-hydroxylation sites is 1. The van der Waals surface area contributed by atoms with Gasteiger partial charge in [0.2, 0.25) is 0 Å². The molecule has 0 radical (unpaired) electrons. The minimum atomic E-state index is -0.00243. The summed E-state index contributed by atoms with van der Waals surface area (Å²) in [6.45, 7) is 0. The van der Waals surface area contributed by atoms with Gasteiger partial charge in [-0.2, -0.15) is 0 Å². The van der Waals surface area contributed by atoms with Crippen molar-refractivity contribution in [2.75, 3.05) is 7.11 Å². The molecule has 0 saturated carbocycles. The number of benzene rings is 3. The van der Waals surface area contributed by atoms with Crippen molar-refractivity contribution < 1.29 is 9.84 Å². The van der Waals surface area contributed by atoms with Gasteiger partial charge < -0.3 is 0 Å². The van der Waals surface area contributed by atoms with E-state index >= 15 is 0 Å². The Morgan fingerprint density at radius 3 is 2.50 bits per heavy atom. The van der Waals surface area contributed by atoms with Crippen molar-refractivity contribution in [3.63, 3.8) is 0 Å². The zero-order valence-corrected chi connectivity index (χ0v) is 12.8. The van der Waals surface area contributed by atoms with Crippen molar-refractivity contribution in [3.8, 4) is 11.5 Å². The average Bonchev–Trinajstić information content (AvgIpc) is 2.50. The molecule has 0 bridgehead atoms. The number of hydrogen-bond acceptors (Lipinski definition) is 2. The molecule has 0 heterocycles. The van der Waals surface area contributed by atoms with Crippen molar-refractivity contribution >= 4 is 34.7 Å². The zero-order valence-electron chi connectivity index (χ0n) is 11.0. The topological polar surface area (TPSA) is 29.5 Å². The molecule has 0 aliphatic carbocycles. The summed E-state index contributed by atoms with van der Waals surface area (Å²) in [5, 5.41) is 12.5. The van der Waals surface area contributed by atoms with Crippen molar-refractivity contribution in [1.82, 2.24) is 0 Å². The zero-order chi connectivity index (χ0) is 13.9. The summed E-state index contributed by atoms with van der Waals surface area (Å²) < 4.78 is 7.54. The molecule has 0 fully saturated rings. The number of hydrogen-bond donors (Lipinski definition) is 1. The maximum absolute atomic E-state index is 10.2. The Morgan fingerprint density at radius 1 is 0.900 bits per heavy atom. The Labute approximate surface area is 124 Å². The van der Waals surface area contributed by atoms with Crippen LogP contribution in [0.4, 0.5) is 0 Å². The van der Waals surface area contributed by atoms with E-state index in [1.54, 1.807) is 13.2 Å². The molecule has 20 heavy (non-hydrogen) atoms. The number of methoxy groups -OCH3 is 1. The predicted octanol–water partition coefficient (Wildman–Crippen LogP) is 2.21. The Kier molecular flexibility index (Phi) is 3.64. The third-order valence-corrected chi connectivity index (χ3v) is 5.64. The maximum atomic E-state index is 10.2. The number of fused-ring (bicyclic) bond motifs is 1. The molecule has 2 nitrogen and oxygen atoms in total. The second-order valence-corrected chi connectivity index (χ2v) is 6.60. The van der Waals surface area contributed by atoms with Crippen molar-refractivity contribution in [1.29, 1.82) is 0 Å². The van der Waals surface area contributed by atoms with Crippen LogP contribution < -0.4 is 13.7 Å². The molecule has 0 amide bonds. The van der Waals surface area contributed by atoms with E-state index in [0.29, 0.717) is 5.75 Å². The molecule has 0 aromatic heterocycles. The molecular weight excluding hydrogens is 315 g/mol. The average molecular weight is 329 g/mol. The van der Waals surface area contributed by atoms with Crippen molar-refractivity contribution in [2.45, 2.75) is 0 Å². The Balaban J connectivity index is 2.13. The molecule has 0 saturated heterocycles. The first-order valence-electron chi connectivity index (χ1n) is 6.31. The van der Waals surface area contributed by atoms with Gasteiger partial charge in [-0.15, -0.1) is 0 Å². The van der Waals surface area contributed by atoms with Gasteiger partial charge in [-0.3, -0.25) is 0 Å². The summed E-state index contributed by atoms with van der Waals surface area (Å²) in [6.07, 6.45) is 0. The van der Waals surface area contributed by atoms with Crippen LogP contribution in [0.5, 0.6) is 11.5 Å². The number of aromatic hydroxyl groups is 1. The molecule has 100 valence electrons. The van der Waals surface area contributed by atoms with Crippen LogP contribution in [0.25, 0.3) is 10.8 Å². The van der Waals surface area contributed by atoms with Gasteiger partial charge in [-0.05, 0) is 0 Å². The first-order valence-corrected chi connectivity index (χ1v) is 8.02. The van der Waals surface area contributed by atoms with Gasteiger partial charge in [0.15, 0.2) is 0 Å². The summed E-state index contributed by atoms with van der Waals surface area (Å²) >= 11 is -0.00243. The van der Waals surface area contributed by atoms with Crippen molar-refractivity contribution in [2.24, 2.45) is 0 Å². The van der Waals surface area contributed by atoms with Gasteiger partial charge in [0.25, 0.3) is 0 Å². The van der Waals surface area contributed by atoms with E-state index in [9.17, 15) is 5.11 Å². The van der Waals surface area contributed by atoms with Crippen LogP contribution >= 0.6 is 0 Å². The van der Waals surface area contributed by atoms with Gasteiger partial charge in [-0.25, -0.2) is 0 Å². The summed E-state index contributed by atoms with van der Waals surface area (Å²) in [4.78, 5) is 0. The Bertz CT molecular complexity index is 753. The van der Waals surface area contributed by atoms with E-state index in [1.165, 1.54) is 0 Å². The fraction of sp³-hybridized carbons (Fsp3) is 0.0588. The summed E-state index contributed by atoms with van der Waals surface area (Å²) in [5.41, 5.74) is 0. The standard InChI is InChI=1S/C17H14O2Se/c1-19-15-8-4-5-9-16(15)20-17-13-7-3-2-6-12(13)10-11-14(17)18/h2-11,18H,1H3. The Hall–Kier alpha value is -1.96. The van der Waals surface area contributed by atoms with Gasteiger partial charge in [-0.1, -0.05) is 0 Å². The summed E-state index contributed by atoms with van der Waals surface area (Å²) in [7, 11) is 1.68. The number of rotatable bonds is 3. The third kappa shape index (κ3) is 2.38.